The summed E-state index contributed by atoms with van der Waals surface area (Å²) < 4.78 is 0. The van der Waals surface area contributed by atoms with Crippen LogP contribution in [-0.4, -0.2) is 22.0 Å². The number of carbonyl (C=O) groups excluding carboxylic acids is 1. The molecule has 4 nitrogen and oxygen atoms in total. The van der Waals surface area contributed by atoms with Crippen LogP contribution in [0.1, 0.15) is 27.7 Å². The fourth-order valence-corrected chi connectivity index (χ4v) is 1.08. The van der Waals surface area contributed by atoms with Crippen LogP contribution >= 0.6 is 0 Å². The summed E-state index contributed by atoms with van der Waals surface area (Å²) in [6, 6.07) is 0. The number of amidine groups is 1. The van der Waals surface area contributed by atoms with Crippen LogP contribution in [0, 0.1) is 5.41 Å². The Bertz CT molecular complexity index is 297. The van der Waals surface area contributed by atoms with Gasteiger partial charge in [0.2, 0.25) is 5.91 Å². The second-order valence-corrected chi connectivity index (χ2v) is 4.08. The number of rotatable bonds is 0. The number of hydrogen-bond donors (Lipinski definition) is 1. The van der Waals surface area contributed by atoms with E-state index in [1.54, 1.807) is 6.08 Å². The Morgan fingerprint density at radius 3 is 2.38 bits per heavy atom. The molecule has 0 aliphatic carbocycles. The minimum Gasteiger partial charge on any atom is -0.282 e. The predicted octanol–water partition coefficient (Wildman–Crippen LogP) is 1.57. The van der Waals surface area contributed by atoms with Crippen molar-refractivity contribution in [1.82, 2.24) is 5.06 Å². The highest BCUT2D eigenvalue weighted by Crippen LogP contribution is 2.33. The molecule has 0 aromatic carbocycles. The van der Waals surface area contributed by atoms with Gasteiger partial charge >= 0.3 is 0 Å². The fraction of sp³-hybridized carbons (Fsp3) is 0.556. The van der Waals surface area contributed by atoms with E-state index in [4.69, 9.17) is 0 Å². The van der Waals surface area contributed by atoms with Gasteiger partial charge < -0.3 is 0 Å². The summed E-state index contributed by atoms with van der Waals surface area (Å²) in [6.45, 7) is 7.29. The van der Waals surface area contributed by atoms with Gasteiger partial charge in [0.05, 0.1) is 5.70 Å². The number of carbonyl (C=O) groups is 1. The van der Waals surface area contributed by atoms with Crippen LogP contribution in [-0.2, 0) is 4.79 Å². The van der Waals surface area contributed by atoms with Crippen LogP contribution in [0.5, 0.6) is 0 Å². The molecule has 1 N–H and O–H groups in total. The third kappa shape index (κ3) is 1.95. The first-order valence-corrected chi connectivity index (χ1v) is 4.13. The van der Waals surface area contributed by atoms with Gasteiger partial charge in [-0.25, -0.2) is 5.06 Å². The van der Waals surface area contributed by atoms with Gasteiger partial charge in [0.25, 0.3) is 0 Å². The molecule has 1 rings (SSSR count). The zero-order valence-corrected chi connectivity index (χ0v) is 8.33. The Hall–Kier alpha value is -1.16. The Kier molecular flexibility index (Phi) is 2.26. The van der Waals surface area contributed by atoms with Crippen molar-refractivity contribution in [2.75, 3.05) is 0 Å². The van der Waals surface area contributed by atoms with Crippen LogP contribution in [0.4, 0.5) is 0 Å². The van der Waals surface area contributed by atoms with Crippen LogP contribution in [0.25, 0.3) is 0 Å². The summed E-state index contributed by atoms with van der Waals surface area (Å²) in [6.07, 6.45) is 1.71. The van der Waals surface area contributed by atoms with Gasteiger partial charge in [-0.1, -0.05) is 20.8 Å². The number of aliphatic imine (C=N–C) groups is 1. The van der Waals surface area contributed by atoms with Gasteiger partial charge in [0.1, 0.15) is 0 Å². The Labute approximate surface area is 77.5 Å². The Morgan fingerprint density at radius 1 is 1.54 bits per heavy atom. The predicted molar refractivity (Wildman–Crippen MR) is 49.3 cm³/mol. The molecular formula is C9H14N2O2. The Morgan fingerprint density at radius 2 is 2.08 bits per heavy atom. The molecule has 72 valence electrons. The molecule has 0 atom stereocenters. The lowest BCUT2D eigenvalue weighted by Crippen LogP contribution is -2.40. The molecule has 0 aromatic heterocycles. The normalized spacial score (nSPS) is 19.9. The molecule has 1 aliphatic heterocycles. The van der Waals surface area contributed by atoms with E-state index < -0.39 is 0 Å². The number of hydrogen-bond acceptors (Lipinski definition) is 2. The van der Waals surface area contributed by atoms with Crippen molar-refractivity contribution in [3.05, 3.63) is 11.8 Å². The number of allylic oxidation sites excluding steroid dienone is 1. The van der Waals surface area contributed by atoms with E-state index in [1.165, 1.54) is 6.92 Å². The van der Waals surface area contributed by atoms with Crippen molar-refractivity contribution in [2.45, 2.75) is 27.7 Å². The van der Waals surface area contributed by atoms with Gasteiger partial charge in [0, 0.05) is 18.4 Å². The van der Waals surface area contributed by atoms with E-state index in [0.29, 0.717) is 5.84 Å². The lowest BCUT2D eigenvalue weighted by molar-refractivity contribution is -0.116. The minimum absolute atomic E-state index is 0.120. The molecule has 0 aromatic rings. The molecule has 4 heteroatoms. The average molecular weight is 182 g/mol. The monoisotopic (exact) mass is 182 g/mol. The van der Waals surface area contributed by atoms with Crippen molar-refractivity contribution < 1.29 is 10.0 Å². The lowest BCUT2D eigenvalue weighted by atomic mass is 9.88. The smallest absolute Gasteiger partial charge is 0.244 e. The van der Waals surface area contributed by atoms with Crippen LogP contribution < -0.4 is 0 Å². The number of amides is 1. The maximum absolute atomic E-state index is 10.6. The highest BCUT2D eigenvalue weighted by molar-refractivity contribution is 6.05. The molecule has 0 saturated carbocycles. The van der Waals surface area contributed by atoms with Crippen LogP contribution in [0.2, 0.25) is 0 Å². The zero-order valence-electron chi connectivity index (χ0n) is 8.33. The van der Waals surface area contributed by atoms with Crippen molar-refractivity contribution in [2.24, 2.45) is 10.4 Å². The first-order valence-electron chi connectivity index (χ1n) is 4.13. The van der Waals surface area contributed by atoms with E-state index in [2.05, 4.69) is 4.99 Å². The first-order chi connectivity index (χ1) is 5.82. The highest BCUT2D eigenvalue weighted by Gasteiger charge is 2.32. The first kappa shape index (κ1) is 9.92. The van der Waals surface area contributed by atoms with Crippen molar-refractivity contribution in [3.8, 4) is 0 Å². The van der Waals surface area contributed by atoms with Crippen molar-refractivity contribution in [1.29, 1.82) is 0 Å². The number of nitrogens with zero attached hydrogens (tertiary/aromatic N) is 2. The van der Waals surface area contributed by atoms with Gasteiger partial charge in [-0.05, 0) is 0 Å². The average Bonchev–Trinajstić information content (AvgIpc) is 1.93. The molecule has 0 radical (unpaired) electrons. The maximum atomic E-state index is 10.6. The molecule has 0 bridgehead atoms. The van der Waals surface area contributed by atoms with Gasteiger partial charge in [-0.3, -0.25) is 10.0 Å². The summed E-state index contributed by atoms with van der Waals surface area (Å²) >= 11 is 0. The molecule has 0 unspecified atom stereocenters. The van der Waals surface area contributed by atoms with Crippen LogP contribution in [0.3, 0.4) is 0 Å². The quantitative estimate of drug-likeness (QED) is 0.618. The summed E-state index contributed by atoms with van der Waals surface area (Å²) in [7, 11) is 0. The van der Waals surface area contributed by atoms with Crippen LogP contribution in [0.15, 0.2) is 16.8 Å². The second-order valence-electron chi connectivity index (χ2n) is 4.08. The Balaban J connectivity index is 2.85. The molecule has 0 saturated heterocycles. The van der Waals surface area contributed by atoms with E-state index in [1.807, 2.05) is 20.8 Å². The van der Waals surface area contributed by atoms with Gasteiger partial charge in [0.15, 0.2) is 5.84 Å². The number of hydroxylamine groups is 2. The van der Waals surface area contributed by atoms with Crippen molar-refractivity contribution >= 4 is 11.7 Å². The SMILES string of the molecule is CC(=O)N=C1C=C(C(C)(C)C)N1O. The minimum atomic E-state index is -0.307. The van der Waals surface area contributed by atoms with Gasteiger partial charge in [-0.15, -0.1) is 0 Å². The second kappa shape index (κ2) is 2.96. The topological polar surface area (TPSA) is 52.9 Å². The summed E-state index contributed by atoms with van der Waals surface area (Å²) in [5.41, 5.74) is 0.650. The standard InChI is InChI=1S/C9H14N2O2/c1-6(12)10-8-5-7(11(8)13)9(2,3)4/h5,13H,1-4H3. The summed E-state index contributed by atoms with van der Waals surface area (Å²) in [5, 5.41) is 10.4. The maximum Gasteiger partial charge on any atom is 0.244 e. The third-order valence-electron chi connectivity index (χ3n) is 1.75. The summed E-state index contributed by atoms with van der Waals surface area (Å²) in [4.78, 5) is 14.2. The van der Waals surface area contributed by atoms with E-state index >= 15 is 0 Å². The van der Waals surface area contributed by atoms with Crippen molar-refractivity contribution in [3.63, 3.8) is 0 Å². The molecule has 1 amide bonds. The zero-order chi connectivity index (χ0) is 10.2. The third-order valence-corrected chi connectivity index (χ3v) is 1.75. The largest absolute Gasteiger partial charge is 0.282 e. The van der Waals surface area contributed by atoms with E-state index in [-0.39, 0.29) is 11.3 Å². The molecule has 0 spiro atoms. The molecular weight excluding hydrogens is 168 g/mol. The molecule has 1 heterocycles. The van der Waals surface area contributed by atoms with Gasteiger partial charge in [-0.2, -0.15) is 4.99 Å². The van der Waals surface area contributed by atoms with E-state index in [9.17, 15) is 10.0 Å². The molecule has 1 aliphatic rings. The lowest BCUT2D eigenvalue weighted by Gasteiger charge is -2.36. The highest BCUT2D eigenvalue weighted by atomic mass is 16.5. The molecule has 13 heavy (non-hydrogen) atoms. The fourth-order valence-electron chi connectivity index (χ4n) is 1.08. The molecule has 0 fully saturated rings. The van der Waals surface area contributed by atoms with E-state index in [0.717, 1.165) is 10.8 Å². The summed E-state index contributed by atoms with van der Waals surface area (Å²) in [5.74, 6) is 0.00989.